The number of carbonyl (C=O) groups excluding carboxylic acids is 1. The summed E-state index contributed by atoms with van der Waals surface area (Å²) in [6.45, 7) is 3.82. The molecule has 128 valence electrons. The van der Waals surface area contributed by atoms with E-state index in [0.717, 1.165) is 5.69 Å². The molecule has 0 aliphatic carbocycles. The number of pyridine rings is 2. The third kappa shape index (κ3) is 3.53. The van der Waals surface area contributed by atoms with Gasteiger partial charge in [-0.2, -0.15) is 0 Å². The van der Waals surface area contributed by atoms with Gasteiger partial charge in [-0.05, 0) is 44.2 Å². The number of aryl methyl sites for hydroxylation is 1. The maximum atomic E-state index is 13.4. The smallest absolute Gasteiger partial charge is 0.341 e. The number of carbonyl (C=O) groups is 1. The van der Waals surface area contributed by atoms with Gasteiger partial charge in [0.2, 0.25) is 0 Å². The summed E-state index contributed by atoms with van der Waals surface area (Å²) in [5.74, 6) is -1.03. The lowest BCUT2D eigenvalue weighted by molar-refractivity contribution is 0.0527. The van der Waals surface area contributed by atoms with Crippen LogP contribution in [0.4, 0.5) is 15.8 Å². The van der Waals surface area contributed by atoms with Gasteiger partial charge < -0.3 is 10.1 Å². The van der Waals surface area contributed by atoms with Crippen LogP contribution in [-0.2, 0) is 4.74 Å². The van der Waals surface area contributed by atoms with Crippen LogP contribution in [-0.4, -0.2) is 22.5 Å². The zero-order chi connectivity index (χ0) is 18.0. The van der Waals surface area contributed by atoms with E-state index in [1.807, 2.05) is 19.1 Å². The van der Waals surface area contributed by atoms with Crippen LogP contribution in [0.2, 0.25) is 5.02 Å². The van der Waals surface area contributed by atoms with Crippen LogP contribution in [0.5, 0.6) is 0 Å². The SMILES string of the molecule is CCOC(=O)c1cnc2nc(C)ccc2c1Nc1ccc(F)c(Cl)c1. The zero-order valence-corrected chi connectivity index (χ0v) is 14.4. The largest absolute Gasteiger partial charge is 0.462 e. The van der Waals surface area contributed by atoms with Gasteiger partial charge in [0.1, 0.15) is 11.4 Å². The molecule has 0 saturated carbocycles. The summed E-state index contributed by atoms with van der Waals surface area (Å²) in [6, 6.07) is 7.87. The van der Waals surface area contributed by atoms with E-state index in [-0.39, 0.29) is 17.2 Å². The highest BCUT2D eigenvalue weighted by Gasteiger charge is 2.18. The Hall–Kier alpha value is -2.73. The number of benzene rings is 1. The monoisotopic (exact) mass is 359 g/mol. The lowest BCUT2D eigenvalue weighted by Gasteiger charge is -2.14. The van der Waals surface area contributed by atoms with Gasteiger partial charge in [0.05, 0.1) is 17.3 Å². The third-order valence-corrected chi connectivity index (χ3v) is 3.84. The Bertz CT molecular complexity index is 962. The van der Waals surface area contributed by atoms with Crippen molar-refractivity contribution < 1.29 is 13.9 Å². The van der Waals surface area contributed by atoms with Gasteiger partial charge in [-0.25, -0.2) is 19.2 Å². The van der Waals surface area contributed by atoms with Crippen LogP contribution in [0, 0.1) is 12.7 Å². The summed E-state index contributed by atoms with van der Waals surface area (Å²) < 4.78 is 18.5. The van der Waals surface area contributed by atoms with E-state index < -0.39 is 11.8 Å². The van der Waals surface area contributed by atoms with Crippen molar-refractivity contribution in [1.29, 1.82) is 0 Å². The summed E-state index contributed by atoms with van der Waals surface area (Å²) in [4.78, 5) is 20.9. The molecular weight excluding hydrogens is 345 g/mol. The Balaban J connectivity index is 2.15. The Morgan fingerprint density at radius 2 is 2.12 bits per heavy atom. The van der Waals surface area contributed by atoms with Crippen molar-refractivity contribution in [2.24, 2.45) is 0 Å². The molecule has 2 aromatic heterocycles. The summed E-state index contributed by atoms with van der Waals surface area (Å²) in [5, 5.41) is 3.74. The molecule has 0 bridgehead atoms. The topological polar surface area (TPSA) is 64.1 Å². The van der Waals surface area contributed by atoms with Crippen molar-refractivity contribution in [3.8, 4) is 0 Å². The van der Waals surface area contributed by atoms with E-state index in [1.54, 1.807) is 6.92 Å². The number of fused-ring (bicyclic) bond motifs is 1. The summed E-state index contributed by atoms with van der Waals surface area (Å²) in [6.07, 6.45) is 1.42. The fourth-order valence-corrected chi connectivity index (χ4v) is 2.57. The molecular formula is C18H15ClFN3O2. The Labute approximate surface area is 148 Å². The highest BCUT2D eigenvalue weighted by Crippen LogP contribution is 2.30. The molecule has 1 aromatic carbocycles. The van der Waals surface area contributed by atoms with Crippen molar-refractivity contribution in [3.63, 3.8) is 0 Å². The molecule has 3 aromatic rings. The Morgan fingerprint density at radius 1 is 1.32 bits per heavy atom. The van der Waals surface area contributed by atoms with E-state index in [1.165, 1.54) is 24.4 Å². The fourth-order valence-electron chi connectivity index (χ4n) is 2.39. The van der Waals surface area contributed by atoms with Gasteiger partial charge in [-0.3, -0.25) is 0 Å². The minimum Gasteiger partial charge on any atom is -0.462 e. The number of nitrogens with one attached hydrogen (secondary N) is 1. The maximum Gasteiger partial charge on any atom is 0.341 e. The quantitative estimate of drug-likeness (QED) is 0.687. The lowest BCUT2D eigenvalue weighted by atomic mass is 10.1. The van der Waals surface area contributed by atoms with E-state index in [4.69, 9.17) is 16.3 Å². The second-order valence-electron chi connectivity index (χ2n) is 5.35. The lowest BCUT2D eigenvalue weighted by Crippen LogP contribution is -2.09. The molecule has 0 radical (unpaired) electrons. The van der Waals surface area contributed by atoms with Crippen LogP contribution < -0.4 is 5.32 Å². The molecule has 0 amide bonds. The average Bonchev–Trinajstić information content (AvgIpc) is 2.58. The predicted molar refractivity (Wildman–Crippen MR) is 94.9 cm³/mol. The molecule has 0 atom stereocenters. The van der Waals surface area contributed by atoms with Gasteiger partial charge in [-0.1, -0.05) is 11.6 Å². The first kappa shape index (κ1) is 17.1. The van der Waals surface area contributed by atoms with Crippen molar-refractivity contribution in [1.82, 2.24) is 9.97 Å². The summed E-state index contributed by atoms with van der Waals surface area (Å²) in [7, 11) is 0. The molecule has 2 heterocycles. The highest BCUT2D eigenvalue weighted by molar-refractivity contribution is 6.31. The first-order valence-corrected chi connectivity index (χ1v) is 8.03. The number of esters is 1. The molecule has 0 aliphatic rings. The number of ether oxygens (including phenoxy) is 1. The number of aromatic nitrogens is 2. The molecule has 0 unspecified atom stereocenters. The van der Waals surface area contributed by atoms with Crippen molar-refractivity contribution in [2.75, 3.05) is 11.9 Å². The predicted octanol–water partition coefficient (Wildman–Crippen LogP) is 4.65. The standard InChI is InChI=1S/C18H15ClFN3O2/c1-3-25-18(24)13-9-21-17-12(6-4-10(2)22-17)16(13)23-11-5-7-15(20)14(19)8-11/h4-9H,3H2,1-2H3,(H,21,22,23). The molecule has 0 fully saturated rings. The number of halogens is 2. The maximum absolute atomic E-state index is 13.4. The number of hydrogen-bond acceptors (Lipinski definition) is 5. The first-order chi connectivity index (χ1) is 12.0. The molecule has 7 heteroatoms. The Morgan fingerprint density at radius 3 is 2.84 bits per heavy atom. The van der Waals surface area contributed by atoms with Crippen LogP contribution in [0.15, 0.2) is 36.5 Å². The third-order valence-electron chi connectivity index (χ3n) is 3.55. The second-order valence-corrected chi connectivity index (χ2v) is 5.75. The van der Waals surface area contributed by atoms with E-state index >= 15 is 0 Å². The normalized spacial score (nSPS) is 10.7. The number of nitrogens with zero attached hydrogens (tertiary/aromatic N) is 2. The molecule has 0 saturated heterocycles. The van der Waals surface area contributed by atoms with Crippen molar-refractivity contribution in [2.45, 2.75) is 13.8 Å². The van der Waals surface area contributed by atoms with E-state index in [9.17, 15) is 9.18 Å². The Kier molecular flexibility index (Phi) is 4.81. The van der Waals surface area contributed by atoms with Gasteiger partial charge in [0.15, 0.2) is 5.65 Å². The molecule has 0 spiro atoms. The van der Waals surface area contributed by atoms with Crippen LogP contribution >= 0.6 is 11.6 Å². The van der Waals surface area contributed by atoms with Crippen LogP contribution in [0.25, 0.3) is 11.0 Å². The van der Waals surface area contributed by atoms with E-state index in [0.29, 0.717) is 22.4 Å². The van der Waals surface area contributed by atoms with Crippen LogP contribution in [0.1, 0.15) is 23.0 Å². The van der Waals surface area contributed by atoms with Gasteiger partial charge >= 0.3 is 5.97 Å². The van der Waals surface area contributed by atoms with Gasteiger partial charge in [0, 0.05) is 23.0 Å². The number of anilines is 2. The van der Waals surface area contributed by atoms with Crippen LogP contribution in [0.3, 0.4) is 0 Å². The molecule has 0 aliphatic heterocycles. The molecule has 1 N–H and O–H groups in total. The van der Waals surface area contributed by atoms with Crippen molar-refractivity contribution >= 4 is 40.0 Å². The summed E-state index contributed by atoms with van der Waals surface area (Å²) >= 11 is 5.84. The fraction of sp³-hybridized carbons (Fsp3) is 0.167. The van der Waals surface area contributed by atoms with Gasteiger partial charge in [-0.15, -0.1) is 0 Å². The van der Waals surface area contributed by atoms with E-state index in [2.05, 4.69) is 15.3 Å². The number of hydrogen-bond donors (Lipinski definition) is 1. The van der Waals surface area contributed by atoms with Crippen molar-refractivity contribution in [3.05, 3.63) is 58.6 Å². The van der Waals surface area contributed by atoms with Gasteiger partial charge in [0.25, 0.3) is 0 Å². The average molecular weight is 360 g/mol. The molecule has 3 rings (SSSR count). The molecule has 25 heavy (non-hydrogen) atoms. The molecule has 5 nitrogen and oxygen atoms in total. The second kappa shape index (κ2) is 7.03. The highest BCUT2D eigenvalue weighted by atomic mass is 35.5. The minimum atomic E-state index is -0.519. The first-order valence-electron chi connectivity index (χ1n) is 7.65. The minimum absolute atomic E-state index is 0.0185. The zero-order valence-electron chi connectivity index (χ0n) is 13.6. The number of rotatable bonds is 4. The summed E-state index contributed by atoms with van der Waals surface area (Å²) in [5.41, 5.74) is 2.58.